The highest BCUT2D eigenvalue weighted by atomic mass is 16.5. The van der Waals surface area contributed by atoms with Gasteiger partial charge in [-0.3, -0.25) is 0 Å². The zero-order valence-corrected chi connectivity index (χ0v) is 11.5. The predicted octanol–water partition coefficient (Wildman–Crippen LogP) is 3.90. The van der Waals surface area contributed by atoms with E-state index in [1.807, 2.05) is 12.1 Å². The Labute approximate surface area is 118 Å². The average Bonchev–Trinajstić information content (AvgIpc) is 2.93. The zero-order valence-electron chi connectivity index (χ0n) is 11.5. The average molecular weight is 274 g/mol. The summed E-state index contributed by atoms with van der Waals surface area (Å²) in [6, 6.07) is 9.42. The topological polar surface area (TPSA) is 59.7 Å². The monoisotopic (exact) mass is 274 g/mol. The Kier molecular flexibility index (Phi) is 4.82. The van der Waals surface area contributed by atoms with Crippen molar-refractivity contribution in [3.63, 3.8) is 0 Å². The molecule has 0 fully saturated rings. The van der Waals surface area contributed by atoms with Crippen LogP contribution in [-0.4, -0.2) is 11.1 Å². The lowest BCUT2D eigenvalue weighted by Crippen LogP contribution is -1.95. The van der Waals surface area contributed by atoms with E-state index in [-0.39, 0.29) is 12.2 Å². The van der Waals surface area contributed by atoms with E-state index in [1.54, 1.807) is 0 Å². The van der Waals surface area contributed by atoms with Crippen LogP contribution in [-0.2, 0) is 13.0 Å². The van der Waals surface area contributed by atoms with Crippen LogP contribution in [0.15, 0.2) is 41.0 Å². The summed E-state index contributed by atoms with van der Waals surface area (Å²) >= 11 is 0. The van der Waals surface area contributed by atoms with E-state index in [2.05, 4.69) is 19.1 Å². The SMILES string of the molecule is CCCCc1ccc(OCc2cc(C(=O)O)co2)cc1. The standard InChI is InChI=1S/C16H18O4/c1-2-3-4-12-5-7-14(8-6-12)20-11-15-9-13(10-19-15)16(17)18/h5-10H,2-4,11H2,1H3,(H,17,18). The minimum Gasteiger partial charge on any atom is -0.486 e. The fourth-order valence-electron chi connectivity index (χ4n) is 1.86. The van der Waals surface area contributed by atoms with Crippen molar-refractivity contribution < 1.29 is 19.1 Å². The third-order valence-electron chi connectivity index (χ3n) is 3.02. The first-order valence-electron chi connectivity index (χ1n) is 6.71. The summed E-state index contributed by atoms with van der Waals surface area (Å²) in [6.07, 6.45) is 4.67. The number of unbranched alkanes of at least 4 members (excludes halogenated alkanes) is 1. The van der Waals surface area contributed by atoms with Gasteiger partial charge in [-0.2, -0.15) is 0 Å². The number of benzene rings is 1. The quantitative estimate of drug-likeness (QED) is 0.831. The van der Waals surface area contributed by atoms with E-state index in [0.717, 1.165) is 12.2 Å². The summed E-state index contributed by atoms with van der Waals surface area (Å²) in [5, 5.41) is 8.78. The number of aromatic carboxylic acids is 1. The van der Waals surface area contributed by atoms with Gasteiger partial charge in [-0.1, -0.05) is 25.5 Å². The molecule has 1 aromatic carbocycles. The van der Waals surface area contributed by atoms with Crippen molar-refractivity contribution in [2.24, 2.45) is 0 Å². The summed E-state index contributed by atoms with van der Waals surface area (Å²) in [4.78, 5) is 10.7. The van der Waals surface area contributed by atoms with Gasteiger partial charge in [-0.05, 0) is 36.6 Å². The molecule has 0 saturated carbocycles. The number of furan rings is 1. The number of ether oxygens (including phenoxy) is 1. The van der Waals surface area contributed by atoms with Crippen molar-refractivity contribution in [2.45, 2.75) is 32.8 Å². The maximum atomic E-state index is 10.7. The summed E-state index contributed by atoms with van der Waals surface area (Å²) in [5.74, 6) is 0.247. The lowest BCUT2D eigenvalue weighted by molar-refractivity contribution is 0.0696. The van der Waals surface area contributed by atoms with Gasteiger partial charge in [0.2, 0.25) is 0 Å². The van der Waals surface area contributed by atoms with Crippen molar-refractivity contribution in [1.82, 2.24) is 0 Å². The maximum Gasteiger partial charge on any atom is 0.338 e. The largest absolute Gasteiger partial charge is 0.486 e. The fraction of sp³-hybridized carbons (Fsp3) is 0.312. The van der Waals surface area contributed by atoms with E-state index in [1.165, 1.54) is 30.7 Å². The molecule has 0 amide bonds. The molecule has 0 atom stereocenters. The second-order valence-electron chi connectivity index (χ2n) is 4.64. The van der Waals surface area contributed by atoms with Crippen molar-refractivity contribution in [3.05, 3.63) is 53.5 Å². The van der Waals surface area contributed by atoms with Gasteiger partial charge in [-0.25, -0.2) is 4.79 Å². The lowest BCUT2D eigenvalue weighted by Gasteiger charge is -2.05. The first-order chi connectivity index (χ1) is 9.69. The molecule has 4 nitrogen and oxygen atoms in total. The molecule has 2 rings (SSSR count). The van der Waals surface area contributed by atoms with Crippen molar-refractivity contribution in [1.29, 1.82) is 0 Å². The van der Waals surface area contributed by atoms with E-state index in [0.29, 0.717) is 5.76 Å². The van der Waals surface area contributed by atoms with Crippen molar-refractivity contribution in [2.75, 3.05) is 0 Å². The van der Waals surface area contributed by atoms with E-state index in [9.17, 15) is 4.79 Å². The van der Waals surface area contributed by atoms with Gasteiger partial charge in [-0.15, -0.1) is 0 Å². The van der Waals surface area contributed by atoms with E-state index in [4.69, 9.17) is 14.3 Å². The number of aryl methyl sites for hydroxylation is 1. The third-order valence-corrected chi connectivity index (χ3v) is 3.02. The summed E-state index contributed by atoms with van der Waals surface area (Å²) in [5.41, 5.74) is 1.43. The van der Waals surface area contributed by atoms with Gasteiger partial charge in [0.25, 0.3) is 0 Å². The number of carboxylic acid groups (broad SMARTS) is 1. The van der Waals surface area contributed by atoms with Crippen LogP contribution >= 0.6 is 0 Å². The Morgan fingerprint density at radius 3 is 2.65 bits per heavy atom. The molecular formula is C16H18O4. The molecule has 0 radical (unpaired) electrons. The van der Waals surface area contributed by atoms with Gasteiger partial charge < -0.3 is 14.3 Å². The molecule has 0 bridgehead atoms. The summed E-state index contributed by atoms with van der Waals surface area (Å²) in [7, 11) is 0. The van der Waals surface area contributed by atoms with Crippen LogP contribution in [0.3, 0.4) is 0 Å². The molecule has 0 aliphatic rings. The predicted molar refractivity (Wildman–Crippen MR) is 75.1 cm³/mol. The maximum absolute atomic E-state index is 10.7. The number of carboxylic acids is 1. The highest BCUT2D eigenvalue weighted by Crippen LogP contribution is 2.16. The van der Waals surface area contributed by atoms with Crippen LogP contribution in [0.2, 0.25) is 0 Å². The molecule has 20 heavy (non-hydrogen) atoms. The van der Waals surface area contributed by atoms with Crippen LogP contribution in [0.1, 0.15) is 41.4 Å². The second-order valence-corrected chi connectivity index (χ2v) is 4.64. The molecule has 0 unspecified atom stereocenters. The Morgan fingerprint density at radius 1 is 1.30 bits per heavy atom. The summed E-state index contributed by atoms with van der Waals surface area (Å²) in [6.45, 7) is 2.40. The Morgan fingerprint density at radius 2 is 2.05 bits per heavy atom. The Bertz CT molecular complexity index is 554. The molecule has 0 aliphatic heterocycles. The third kappa shape index (κ3) is 3.88. The number of carbonyl (C=O) groups is 1. The van der Waals surface area contributed by atoms with Crippen LogP contribution in [0.5, 0.6) is 5.75 Å². The minimum absolute atomic E-state index is 0.138. The lowest BCUT2D eigenvalue weighted by atomic mass is 10.1. The number of hydrogen-bond acceptors (Lipinski definition) is 3. The van der Waals surface area contributed by atoms with Crippen LogP contribution in [0, 0.1) is 0 Å². The Hall–Kier alpha value is -2.23. The highest BCUT2D eigenvalue weighted by Gasteiger charge is 2.08. The molecule has 1 N–H and O–H groups in total. The first-order valence-corrected chi connectivity index (χ1v) is 6.71. The molecule has 1 heterocycles. The van der Waals surface area contributed by atoms with Gasteiger partial charge in [0.15, 0.2) is 0 Å². The van der Waals surface area contributed by atoms with Crippen LogP contribution in [0.4, 0.5) is 0 Å². The molecule has 106 valence electrons. The normalized spacial score (nSPS) is 10.4. The van der Waals surface area contributed by atoms with Crippen LogP contribution in [0.25, 0.3) is 0 Å². The molecule has 4 heteroatoms. The second kappa shape index (κ2) is 6.80. The molecule has 0 spiro atoms. The smallest absolute Gasteiger partial charge is 0.338 e. The van der Waals surface area contributed by atoms with Gasteiger partial charge in [0, 0.05) is 0 Å². The Balaban J connectivity index is 1.88. The van der Waals surface area contributed by atoms with Crippen LogP contribution < -0.4 is 4.74 Å². The number of rotatable bonds is 7. The summed E-state index contributed by atoms with van der Waals surface area (Å²) < 4.78 is 10.7. The van der Waals surface area contributed by atoms with Gasteiger partial charge in [0.05, 0.1) is 5.56 Å². The fourth-order valence-corrected chi connectivity index (χ4v) is 1.86. The molecule has 0 aliphatic carbocycles. The molecule has 1 aromatic heterocycles. The molecule has 0 saturated heterocycles. The number of hydrogen-bond donors (Lipinski definition) is 1. The zero-order chi connectivity index (χ0) is 14.4. The van der Waals surface area contributed by atoms with Crippen molar-refractivity contribution >= 4 is 5.97 Å². The van der Waals surface area contributed by atoms with Crippen molar-refractivity contribution in [3.8, 4) is 5.75 Å². The first kappa shape index (κ1) is 14.2. The minimum atomic E-state index is -1.000. The van der Waals surface area contributed by atoms with E-state index >= 15 is 0 Å². The van der Waals surface area contributed by atoms with Gasteiger partial charge >= 0.3 is 5.97 Å². The molecular weight excluding hydrogens is 256 g/mol. The highest BCUT2D eigenvalue weighted by molar-refractivity contribution is 5.87. The molecule has 2 aromatic rings. The van der Waals surface area contributed by atoms with E-state index < -0.39 is 5.97 Å². The van der Waals surface area contributed by atoms with Gasteiger partial charge in [0.1, 0.15) is 24.4 Å².